The molecule has 0 saturated carbocycles. The Hall–Kier alpha value is -2.55. The minimum Gasteiger partial charge on any atom is -0.497 e. The molecule has 0 aliphatic rings. The third kappa shape index (κ3) is 9.98. The number of carbonyl (C=O) groups excluding carboxylic acids is 1. The lowest BCUT2D eigenvalue weighted by Crippen LogP contribution is -2.03. The van der Waals surface area contributed by atoms with Crippen molar-refractivity contribution in [3.05, 3.63) is 84.2 Å². The van der Waals surface area contributed by atoms with Gasteiger partial charge in [0.25, 0.3) is 6.47 Å². The molecule has 0 aliphatic heterocycles. The maximum atomic E-state index is 10.4. The minimum atomic E-state index is 0.254. The van der Waals surface area contributed by atoms with Crippen LogP contribution in [-0.4, -0.2) is 20.2 Å². The van der Waals surface area contributed by atoms with E-state index in [0.29, 0.717) is 24.6 Å². The normalized spacial score (nSPS) is 14.2. The van der Waals surface area contributed by atoms with Gasteiger partial charge in [-0.2, -0.15) is 0 Å². The maximum absolute atomic E-state index is 10.4. The van der Waals surface area contributed by atoms with Crippen LogP contribution in [0.2, 0.25) is 0 Å². The molecular weight excluding hydrogens is 360 g/mol. The fourth-order valence-corrected chi connectivity index (χ4v) is 2.69. The van der Waals surface area contributed by atoms with Gasteiger partial charge >= 0.3 is 0 Å². The summed E-state index contributed by atoms with van der Waals surface area (Å²) in [7, 11) is 1.55. The zero-order valence-electron chi connectivity index (χ0n) is 18.9. The standard InChI is InChI=1S/C26H38O3/c1-10-19(3)16-25(11-2)23(7)21(5)13-12-20(4)22(6)17-26(24(8)28-9)14-15-29-18-27/h12-13,16-19,23H,4-6,8,10-11,14-15H2,1-3,7,9H3/b13-12-,25-16-,26-17-. The van der Waals surface area contributed by atoms with Gasteiger partial charge in [-0.15, -0.1) is 0 Å². The van der Waals surface area contributed by atoms with Crippen LogP contribution in [0.1, 0.15) is 47.0 Å². The Morgan fingerprint density at radius 2 is 1.69 bits per heavy atom. The van der Waals surface area contributed by atoms with Crippen LogP contribution in [0.4, 0.5) is 0 Å². The molecule has 0 N–H and O–H groups in total. The molecule has 160 valence electrons. The summed E-state index contributed by atoms with van der Waals surface area (Å²) in [4.78, 5) is 10.4. The van der Waals surface area contributed by atoms with Crippen molar-refractivity contribution in [3.63, 3.8) is 0 Å². The van der Waals surface area contributed by atoms with Gasteiger partial charge in [-0.3, -0.25) is 4.79 Å². The van der Waals surface area contributed by atoms with E-state index in [4.69, 9.17) is 9.47 Å². The molecule has 0 saturated heterocycles. The maximum Gasteiger partial charge on any atom is 0.293 e. The number of hydrogen-bond acceptors (Lipinski definition) is 3. The number of allylic oxidation sites excluding steroid dienone is 9. The average Bonchev–Trinajstić information content (AvgIpc) is 2.73. The molecule has 0 aliphatic carbocycles. The van der Waals surface area contributed by atoms with E-state index in [2.05, 4.69) is 60.1 Å². The van der Waals surface area contributed by atoms with E-state index in [1.54, 1.807) is 7.11 Å². The van der Waals surface area contributed by atoms with Gasteiger partial charge in [0.1, 0.15) is 5.76 Å². The third-order valence-electron chi connectivity index (χ3n) is 5.08. The average molecular weight is 399 g/mol. The molecule has 0 spiro atoms. The highest BCUT2D eigenvalue weighted by Crippen LogP contribution is 2.26. The fraction of sp³-hybridized carbons (Fsp3) is 0.423. The first-order chi connectivity index (χ1) is 13.7. The Balaban J connectivity index is 5.22. The topological polar surface area (TPSA) is 35.5 Å². The van der Waals surface area contributed by atoms with Gasteiger partial charge in [-0.1, -0.05) is 84.2 Å². The molecule has 2 atom stereocenters. The Morgan fingerprint density at radius 1 is 1.03 bits per heavy atom. The summed E-state index contributed by atoms with van der Waals surface area (Å²) in [5, 5.41) is 0. The van der Waals surface area contributed by atoms with Crippen molar-refractivity contribution < 1.29 is 14.3 Å². The second kappa shape index (κ2) is 14.4. The number of rotatable bonds is 15. The van der Waals surface area contributed by atoms with Crippen molar-refractivity contribution in [2.75, 3.05) is 13.7 Å². The lowest BCUT2D eigenvalue weighted by molar-refractivity contribution is -0.128. The first kappa shape index (κ1) is 26.4. The molecular formula is C26H38O3. The van der Waals surface area contributed by atoms with Crippen molar-refractivity contribution in [2.24, 2.45) is 11.8 Å². The lowest BCUT2D eigenvalue weighted by atomic mass is 9.88. The number of methoxy groups -OCH3 is 1. The van der Waals surface area contributed by atoms with Crippen molar-refractivity contribution in [1.82, 2.24) is 0 Å². The van der Waals surface area contributed by atoms with Crippen LogP contribution in [0.15, 0.2) is 84.2 Å². The quantitative estimate of drug-likeness (QED) is 0.0991. The van der Waals surface area contributed by atoms with E-state index in [1.165, 1.54) is 5.57 Å². The second-order valence-corrected chi connectivity index (χ2v) is 7.17. The Bertz CT molecular complexity index is 689. The van der Waals surface area contributed by atoms with E-state index in [9.17, 15) is 4.79 Å². The molecule has 0 aromatic heterocycles. The molecule has 3 nitrogen and oxygen atoms in total. The van der Waals surface area contributed by atoms with Gasteiger partial charge in [0, 0.05) is 12.3 Å². The van der Waals surface area contributed by atoms with Crippen LogP contribution in [0, 0.1) is 11.8 Å². The summed E-state index contributed by atoms with van der Waals surface area (Å²) in [5.74, 6) is 1.36. The summed E-state index contributed by atoms with van der Waals surface area (Å²) in [6.45, 7) is 25.8. The fourth-order valence-electron chi connectivity index (χ4n) is 2.69. The molecule has 0 fully saturated rings. The summed E-state index contributed by atoms with van der Waals surface area (Å²) in [5.41, 5.74) is 4.78. The molecule has 0 radical (unpaired) electrons. The largest absolute Gasteiger partial charge is 0.497 e. The zero-order chi connectivity index (χ0) is 22.4. The smallest absolute Gasteiger partial charge is 0.293 e. The SMILES string of the molecule is C=C(/C=C\C(=C)C(C)/C(=C\C(C)CC)CC)C(=C)/C=C(/CCOC=O)C(=C)OC. The van der Waals surface area contributed by atoms with Gasteiger partial charge in [0.05, 0.1) is 13.7 Å². The van der Waals surface area contributed by atoms with Crippen molar-refractivity contribution in [1.29, 1.82) is 0 Å². The molecule has 3 heteroatoms. The number of hydrogen-bond donors (Lipinski definition) is 0. The summed E-state index contributed by atoms with van der Waals surface area (Å²) >= 11 is 0. The lowest BCUT2D eigenvalue weighted by Gasteiger charge is -2.17. The number of carbonyl (C=O) groups is 1. The predicted molar refractivity (Wildman–Crippen MR) is 124 cm³/mol. The van der Waals surface area contributed by atoms with Gasteiger partial charge in [0.15, 0.2) is 0 Å². The van der Waals surface area contributed by atoms with Crippen molar-refractivity contribution in [3.8, 4) is 0 Å². The van der Waals surface area contributed by atoms with Crippen LogP contribution in [-0.2, 0) is 14.3 Å². The molecule has 0 bridgehead atoms. The molecule has 0 aromatic carbocycles. The van der Waals surface area contributed by atoms with Crippen LogP contribution >= 0.6 is 0 Å². The van der Waals surface area contributed by atoms with Gasteiger partial charge in [-0.05, 0) is 40.7 Å². The van der Waals surface area contributed by atoms with Crippen LogP contribution in [0.5, 0.6) is 0 Å². The highest BCUT2D eigenvalue weighted by molar-refractivity contribution is 5.48. The zero-order valence-corrected chi connectivity index (χ0v) is 18.9. The van der Waals surface area contributed by atoms with Crippen LogP contribution in [0.3, 0.4) is 0 Å². The van der Waals surface area contributed by atoms with E-state index < -0.39 is 0 Å². The monoisotopic (exact) mass is 398 g/mol. The minimum absolute atomic E-state index is 0.254. The third-order valence-corrected chi connectivity index (χ3v) is 5.08. The van der Waals surface area contributed by atoms with E-state index in [-0.39, 0.29) is 12.5 Å². The molecule has 0 amide bonds. The summed E-state index contributed by atoms with van der Waals surface area (Å²) in [6, 6.07) is 0. The van der Waals surface area contributed by atoms with Gasteiger partial charge < -0.3 is 9.47 Å². The molecule has 29 heavy (non-hydrogen) atoms. The highest BCUT2D eigenvalue weighted by Gasteiger charge is 2.11. The van der Waals surface area contributed by atoms with Crippen LogP contribution < -0.4 is 0 Å². The second-order valence-electron chi connectivity index (χ2n) is 7.17. The van der Waals surface area contributed by atoms with E-state index in [1.807, 2.05) is 18.2 Å². The first-order valence-electron chi connectivity index (χ1n) is 10.2. The van der Waals surface area contributed by atoms with Gasteiger partial charge in [-0.25, -0.2) is 0 Å². The molecule has 2 unspecified atom stereocenters. The van der Waals surface area contributed by atoms with E-state index in [0.717, 1.165) is 35.1 Å². The van der Waals surface area contributed by atoms with Gasteiger partial charge in [0.2, 0.25) is 0 Å². The summed E-state index contributed by atoms with van der Waals surface area (Å²) in [6.07, 6.45) is 10.8. The van der Waals surface area contributed by atoms with Crippen LogP contribution in [0.25, 0.3) is 0 Å². The summed E-state index contributed by atoms with van der Waals surface area (Å²) < 4.78 is 9.99. The van der Waals surface area contributed by atoms with Crippen molar-refractivity contribution in [2.45, 2.75) is 47.0 Å². The van der Waals surface area contributed by atoms with E-state index >= 15 is 0 Å². The van der Waals surface area contributed by atoms with Crippen molar-refractivity contribution >= 4 is 6.47 Å². The molecule has 0 heterocycles. The predicted octanol–water partition coefficient (Wildman–Crippen LogP) is 6.88. The Labute approximate surface area is 177 Å². The highest BCUT2D eigenvalue weighted by atomic mass is 16.5. The molecule has 0 rings (SSSR count). The Morgan fingerprint density at radius 3 is 2.21 bits per heavy atom. The number of ether oxygens (including phenoxy) is 2. The Kier molecular flexibility index (Phi) is 13.2. The molecule has 0 aromatic rings. The first-order valence-corrected chi connectivity index (χ1v) is 10.2.